The molecule has 0 radical (unpaired) electrons. The standard InChI is InChI=1S/C21H24N8O2/c1-5-29-19-13(11-24-29)6-7-15(20(19)31-4)25-16-10-18(23-12-14(16)21(30)22-2)26-17-8-9-28(3)27-17/h6-12H,5H2,1-4H3,(H,22,30)(H2,23,25,26,27)/i2D3. The molecule has 0 bridgehead atoms. The number of benzene rings is 1. The van der Waals surface area contributed by atoms with E-state index in [2.05, 4.69) is 25.8 Å². The smallest absolute Gasteiger partial charge is 0.254 e. The summed E-state index contributed by atoms with van der Waals surface area (Å²) in [4.78, 5) is 17.0. The molecule has 10 heteroatoms. The average Bonchev–Trinajstić information content (AvgIpc) is 3.38. The number of rotatable bonds is 7. The molecule has 0 saturated carbocycles. The number of carbonyl (C=O) groups is 1. The van der Waals surface area contributed by atoms with Crippen LogP contribution in [0.15, 0.2) is 42.9 Å². The predicted octanol–water partition coefficient (Wildman–Crippen LogP) is 3.04. The van der Waals surface area contributed by atoms with Crippen molar-refractivity contribution in [2.75, 3.05) is 24.7 Å². The zero-order valence-corrected chi connectivity index (χ0v) is 17.3. The molecule has 0 atom stereocenters. The second-order valence-electron chi connectivity index (χ2n) is 6.74. The lowest BCUT2D eigenvalue weighted by molar-refractivity contribution is 0.0963. The Morgan fingerprint density at radius 2 is 2.06 bits per heavy atom. The van der Waals surface area contributed by atoms with E-state index in [0.717, 1.165) is 10.9 Å². The van der Waals surface area contributed by atoms with Gasteiger partial charge in [-0.1, -0.05) is 0 Å². The number of hydrogen-bond acceptors (Lipinski definition) is 7. The monoisotopic (exact) mass is 423 g/mol. The Hall–Kier alpha value is -4.08. The molecule has 0 unspecified atom stereocenters. The second-order valence-corrected chi connectivity index (χ2v) is 6.74. The van der Waals surface area contributed by atoms with Crippen molar-refractivity contribution in [1.82, 2.24) is 29.9 Å². The van der Waals surface area contributed by atoms with Crippen LogP contribution in [-0.2, 0) is 13.6 Å². The van der Waals surface area contributed by atoms with Crippen LogP contribution in [-0.4, -0.2) is 44.5 Å². The second kappa shape index (κ2) is 8.34. The van der Waals surface area contributed by atoms with Gasteiger partial charge in [-0.25, -0.2) is 4.98 Å². The molecule has 3 N–H and O–H groups in total. The van der Waals surface area contributed by atoms with Crippen LogP contribution in [0.4, 0.5) is 23.0 Å². The molecule has 1 aromatic carbocycles. The molecular weight excluding hydrogens is 396 g/mol. The first kappa shape index (κ1) is 16.7. The maximum Gasteiger partial charge on any atom is 0.254 e. The van der Waals surface area contributed by atoms with E-state index in [1.165, 1.54) is 6.20 Å². The van der Waals surface area contributed by atoms with Gasteiger partial charge in [0.1, 0.15) is 11.3 Å². The summed E-state index contributed by atoms with van der Waals surface area (Å²) in [5, 5.41) is 17.8. The van der Waals surface area contributed by atoms with Crippen LogP contribution in [0.25, 0.3) is 10.9 Å². The van der Waals surface area contributed by atoms with Gasteiger partial charge in [-0.15, -0.1) is 0 Å². The number of pyridine rings is 1. The number of nitrogens with zero attached hydrogens (tertiary/aromatic N) is 5. The van der Waals surface area contributed by atoms with E-state index in [4.69, 9.17) is 8.85 Å². The van der Waals surface area contributed by atoms with Crippen LogP contribution in [0.1, 0.15) is 21.4 Å². The molecule has 4 rings (SSSR count). The van der Waals surface area contributed by atoms with Gasteiger partial charge < -0.3 is 20.7 Å². The van der Waals surface area contributed by atoms with Crippen molar-refractivity contribution in [2.45, 2.75) is 13.5 Å². The van der Waals surface area contributed by atoms with Gasteiger partial charge in [-0.2, -0.15) is 10.2 Å². The zero-order chi connectivity index (χ0) is 24.5. The summed E-state index contributed by atoms with van der Waals surface area (Å²) in [7, 11) is 3.34. The molecule has 10 nitrogen and oxygen atoms in total. The fourth-order valence-electron chi connectivity index (χ4n) is 3.32. The number of aromatic nitrogens is 5. The normalized spacial score (nSPS) is 12.7. The van der Waals surface area contributed by atoms with Gasteiger partial charge in [0.15, 0.2) is 11.6 Å². The average molecular weight is 423 g/mol. The summed E-state index contributed by atoms with van der Waals surface area (Å²) in [6.07, 6.45) is 4.83. The van der Waals surface area contributed by atoms with E-state index in [-0.39, 0.29) is 5.56 Å². The van der Waals surface area contributed by atoms with Gasteiger partial charge in [0.25, 0.3) is 5.91 Å². The van der Waals surface area contributed by atoms with Crippen LogP contribution in [0, 0.1) is 0 Å². The minimum absolute atomic E-state index is 0.0499. The van der Waals surface area contributed by atoms with Gasteiger partial charge in [-0.3, -0.25) is 14.2 Å². The van der Waals surface area contributed by atoms with E-state index < -0.39 is 12.9 Å². The zero-order valence-electron chi connectivity index (χ0n) is 20.3. The molecular formula is C21H24N8O2. The first-order chi connectivity index (χ1) is 16.2. The number of carbonyl (C=O) groups excluding carboxylic acids is 1. The van der Waals surface area contributed by atoms with Crippen molar-refractivity contribution in [3.05, 3.63) is 48.4 Å². The van der Waals surface area contributed by atoms with Crippen molar-refractivity contribution in [3.8, 4) is 5.75 Å². The van der Waals surface area contributed by atoms with E-state index in [9.17, 15) is 4.79 Å². The number of fused-ring (bicyclic) bond motifs is 1. The summed E-state index contributed by atoms with van der Waals surface area (Å²) in [6.45, 7) is -0.0336. The lowest BCUT2D eigenvalue weighted by Gasteiger charge is -2.16. The molecule has 1 amide bonds. The number of amides is 1. The van der Waals surface area contributed by atoms with Gasteiger partial charge >= 0.3 is 0 Å². The molecule has 0 spiro atoms. The lowest BCUT2D eigenvalue weighted by atomic mass is 10.1. The molecule has 3 aromatic heterocycles. The first-order valence-electron chi connectivity index (χ1n) is 11.1. The summed E-state index contributed by atoms with van der Waals surface area (Å²) in [6, 6.07) is 7.06. The van der Waals surface area contributed by atoms with Crippen molar-refractivity contribution < 1.29 is 13.6 Å². The third kappa shape index (κ3) is 3.87. The summed E-state index contributed by atoms with van der Waals surface area (Å²) in [5.41, 5.74) is 1.75. The largest absolute Gasteiger partial charge is 0.492 e. The number of nitrogens with one attached hydrogen (secondary N) is 3. The highest BCUT2D eigenvalue weighted by Crippen LogP contribution is 2.36. The highest BCUT2D eigenvalue weighted by atomic mass is 16.5. The quantitative estimate of drug-likeness (QED) is 0.419. The minimum atomic E-state index is -2.65. The van der Waals surface area contributed by atoms with E-state index in [1.54, 1.807) is 49.4 Å². The van der Waals surface area contributed by atoms with Crippen LogP contribution in [0.5, 0.6) is 5.75 Å². The minimum Gasteiger partial charge on any atom is -0.492 e. The molecule has 4 aromatic rings. The van der Waals surface area contributed by atoms with Crippen molar-refractivity contribution in [1.29, 1.82) is 0 Å². The van der Waals surface area contributed by atoms with Gasteiger partial charge in [0.05, 0.1) is 30.2 Å². The summed E-state index contributed by atoms with van der Waals surface area (Å²) in [5.74, 6) is 0.713. The molecule has 0 fully saturated rings. The Balaban J connectivity index is 1.77. The number of methoxy groups -OCH3 is 1. The fourth-order valence-corrected chi connectivity index (χ4v) is 3.32. The number of anilines is 4. The van der Waals surface area contributed by atoms with Crippen LogP contribution in [0.3, 0.4) is 0 Å². The highest BCUT2D eigenvalue weighted by Gasteiger charge is 2.17. The topological polar surface area (TPSA) is 111 Å². The Morgan fingerprint density at radius 1 is 1.19 bits per heavy atom. The van der Waals surface area contributed by atoms with Crippen molar-refractivity contribution >= 4 is 39.8 Å². The van der Waals surface area contributed by atoms with E-state index in [0.29, 0.717) is 35.3 Å². The summed E-state index contributed by atoms with van der Waals surface area (Å²) >= 11 is 0. The van der Waals surface area contributed by atoms with Crippen LogP contribution >= 0.6 is 0 Å². The number of ether oxygens (including phenoxy) is 1. The van der Waals surface area contributed by atoms with Crippen LogP contribution in [0.2, 0.25) is 0 Å². The first-order valence-corrected chi connectivity index (χ1v) is 9.57. The van der Waals surface area contributed by atoms with E-state index >= 15 is 0 Å². The molecule has 0 aliphatic heterocycles. The fraction of sp³-hybridized carbons (Fsp3) is 0.238. The molecule has 160 valence electrons. The Kier molecular flexibility index (Phi) is 4.49. The molecule has 0 aliphatic rings. The van der Waals surface area contributed by atoms with Crippen molar-refractivity contribution in [2.24, 2.45) is 7.05 Å². The number of hydrogen-bond donors (Lipinski definition) is 3. The Morgan fingerprint density at radius 3 is 2.77 bits per heavy atom. The maximum atomic E-state index is 12.7. The summed E-state index contributed by atoms with van der Waals surface area (Å²) < 4.78 is 31.3. The third-order valence-electron chi connectivity index (χ3n) is 4.76. The molecule has 0 saturated heterocycles. The van der Waals surface area contributed by atoms with E-state index in [1.807, 2.05) is 23.0 Å². The number of aryl methyl sites for hydroxylation is 2. The van der Waals surface area contributed by atoms with Crippen LogP contribution < -0.4 is 20.7 Å². The molecule has 31 heavy (non-hydrogen) atoms. The highest BCUT2D eigenvalue weighted by molar-refractivity contribution is 6.01. The predicted molar refractivity (Wildman–Crippen MR) is 119 cm³/mol. The Labute approximate surface area is 183 Å². The maximum absolute atomic E-state index is 12.7. The molecule has 3 heterocycles. The van der Waals surface area contributed by atoms with Gasteiger partial charge in [0.2, 0.25) is 0 Å². The third-order valence-corrected chi connectivity index (χ3v) is 4.76. The SMILES string of the molecule is [2H]C([2H])([2H])NC(=O)c1cnc(Nc2ccn(C)n2)cc1Nc1ccc2cnn(CC)c2c1OC. The lowest BCUT2D eigenvalue weighted by Crippen LogP contribution is -2.19. The van der Waals surface area contributed by atoms with Gasteiger partial charge in [-0.05, 0) is 19.1 Å². The van der Waals surface area contributed by atoms with Gasteiger partial charge in [0, 0.05) is 54.6 Å². The Bertz CT molecular complexity index is 1350. The molecule has 0 aliphatic carbocycles. The van der Waals surface area contributed by atoms with Crippen molar-refractivity contribution in [3.63, 3.8) is 0 Å².